The van der Waals surface area contributed by atoms with Crippen molar-refractivity contribution in [2.24, 2.45) is 5.41 Å². The molecular weight excluding hydrogens is 240 g/mol. The Balaban J connectivity index is 1.85. The van der Waals surface area contributed by atoms with Gasteiger partial charge in [-0.2, -0.15) is 0 Å². The molecule has 0 bridgehead atoms. The van der Waals surface area contributed by atoms with Crippen LogP contribution in [0.25, 0.3) is 0 Å². The molecule has 0 aromatic heterocycles. The molecule has 1 aliphatic rings. The van der Waals surface area contributed by atoms with Gasteiger partial charge >= 0.3 is 0 Å². The van der Waals surface area contributed by atoms with Crippen LogP contribution in [0.3, 0.4) is 0 Å². The fourth-order valence-corrected chi connectivity index (χ4v) is 2.44. The molecule has 104 valence electrons. The molecule has 4 heteroatoms. The van der Waals surface area contributed by atoms with E-state index in [1.165, 1.54) is 6.42 Å². The summed E-state index contributed by atoms with van der Waals surface area (Å²) in [6, 6.07) is 7.10. The number of amides is 1. The van der Waals surface area contributed by atoms with E-state index in [0.29, 0.717) is 11.4 Å². The molecular formula is C15H22N2O2. The molecule has 1 aromatic carbocycles. The zero-order valence-corrected chi connectivity index (χ0v) is 11.7. The Morgan fingerprint density at radius 1 is 1.37 bits per heavy atom. The number of likely N-dealkylation sites (tertiary alicyclic amines) is 1. The van der Waals surface area contributed by atoms with Gasteiger partial charge in [-0.1, -0.05) is 13.8 Å². The normalized spacial score (nSPS) is 18.1. The SMILES string of the molecule is CC1(C)CCCN(C(=O)COc2ccc(N)cc2)C1. The lowest BCUT2D eigenvalue weighted by Crippen LogP contribution is -2.45. The molecule has 4 nitrogen and oxygen atoms in total. The van der Waals surface area contributed by atoms with E-state index in [9.17, 15) is 4.79 Å². The minimum Gasteiger partial charge on any atom is -0.484 e. The van der Waals surface area contributed by atoms with Gasteiger partial charge in [0.2, 0.25) is 0 Å². The Labute approximate surface area is 114 Å². The first-order chi connectivity index (χ1) is 8.96. The van der Waals surface area contributed by atoms with Gasteiger partial charge in [0.05, 0.1) is 0 Å². The first-order valence-electron chi connectivity index (χ1n) is 6.72. The summed E-state index contributed by atoms with van der Waals surface area (Å²) < 4.78 is 5.50. The molecule has 1 fully saturated rings. The third kappa shape index (κ3) is 3.88. The number of carbonyl (C=O) groups excluding carboxylic acids is 1. The summed E-state index contributed by atoms with van der Waals surface area (Å²) in [6.45, 7) is 6.16. The van der Waals surface area contributed by atoms with Gasteiger partial charge in [0.25, 0.3) is 5.91 Å². The molecule has 1 amide bonds. The number of piperidine rings is 1. The molecule has 2 N–H and O–H groups in total. The van der Waals surface area contributed by atoms with Gasteiger partial charge in [0.1, 0.15) is 5.75 Å². The lowest BCUT2D eigenvalue weighted by molar-refractivity contribution is -0.136. The van der Waals surface area contributed by atoms with Crippen molar-refractivity contribution in [1.29, 1.82) is 0 Å². The summed E-state index contributed by atoms with van der Waals surface area (Å²) in [5.41, 5.74) is 6.51. The molecule has 19 heavy (non-hydrogen) atoms. The van der Waals surface area contributed by atoms with Gasteiger partial charge < -0.3 is 15.4 Å². The Morgan fingerprint density at radius 2 is 2.05 bits per heavy atom. The second-order valence-corrected chi connectivity index (χ2v) is 5.94. The first-order valence-corrected chi connectivity index (χ1v) is 6.72. The van der Waals surface area contributed by atoms with Crippen molar-refractivity contribution >= 4 is 11.6 Å². The molecule has 0 aliphatic carbocycles. The van der Waals surface area contributed by atoms with E-state index in [4.69, 9.17) is 10.5 Å². The topological polar surface area (TPSA) is 55.6 Å². The molecule has 0 atom stereocenters. The molecule has 1 saturated heterocycles. The number of anilines is 1. The summed E-state index contributed by atoms with van der Waals surface area (Å²) in [5, 5.41) is 0. The largest absolute Gasteiger partial charge is 0.484 e. The molecule has 2 rings (SSSR count). The van der Waals surface area contributed by atoms with Crippen LogP contribution in [0, 0.1) is 5.41 Å². The number of nitrogens with two attached hydrogens (primary N) is 1. The van der Waals surface area contributed by atoms with Crippen LogP contribution in [0.4, 0.5) is 5.69 Å². The highest BCUT2D eigenvalue weighted by Gasteiger charge is 2.29. The predicted octanol–water partition coefficient (Wildman–Crippen LogP) is 2.30. The number of nitrogens with zero attached hydrogens (tertiary/aromatic N) is 1. The average Bonchev–Trinajstić information content (AvgIpc) is 2.36. The van der Waals surface area contributed by atoms with Gasteiger partial charge in [-0.25, -0.2) is 0 Å². The lowest BCUT2D eigenvalue weighted by Gasteiger charge is -2.37. The van der Waals surface area contributed by atoms with Crippen LogP contribution in [0.5, 0.6) is 5.75 Å². The smallest absolute Gasteiger partial charge is 0.260 e. The molecule has 0 saturated carbocycles. The quantitative estimate of drug-likeness (QED) is 0.850. The minimum atomic E-state index is 0.0598. The Bertz CT molecular complexity index is 440. The maximum Gasteiger partial charge on any atom is 0.260 e. The molecule has 0 spiro atoms. The Morgan fingerprint density at radius 3 is 2.68 bits per heavy atom. The second kappa shape index (κ2) is 5.51. The number of benzene rings is 1. The third-order valence-electron chi connectivity index (χ3n) is 3.50. The highest BCUT2D eigenvalue weighted by atomic mass is 16.5. The number of ether oxygens (including phenoxy) is 1. The molecule has 1 aliphatic heterocycles. The number of hydrogen-bond acceptors (Lipinski definition) is 3. The maximum atomic E-state index is 12.1. The highest BCUT2D eigenvalue weighted by Crippen LogP contribution is 2.28. The van der Waals surface area contributed by atoms with Crippen molar-refractivity contribution in [1.82, 2.24) is 4.90 Å². The van der Waals surface area contributed by atoms with Crippen LogP contribution in [0.2, 0.25) is 0 Å². The van der Waals surface area contributed by atoms with Crippen LogP contribution < -0.4 is 10.5 Å². The van der Waals surface area contributed by atoms with Crippen LogP contribution in [-0.4, -0.2) is 30.5 Å². The van der Waals surface area contributed by atoms with Crippen molar-refractivity contribution < 1.29 is 9.53 Å². The van der Waals surface area contributed by atoms with Gasteiger partial charge in [0.15, 0.2) is 6.61 Å². The predicted molar refractivity (Wildman–Crippen MR) is 75.9 cm³/mol. The lowest BCUT2D eigenvalue weighted by atomic mass is 9.84. The monoisotopic (exact) mass is 262 g/mol. The average molecular weight is 262 g/mol. The second-order valence-electron chi connectivity index (χ2n) is 5.94. The molecule has 0 radical (unpaired) electrons. The number of carbonyl (C=O) groups is 1. The zero-order valence-electron chi connectivity index (χ0n) is 11.7. The molecule has 1 heterocycles. The van der Waals surface area contributed by atoms with E-state index in [1.807, 2.05) is 4.90 Å². The van der Waals surface area contributed by atoms with Gasteiger partial charge in [-0.05, 0) is 42.5 Å². The van der Waals surface area contributed by atoms with Gasteiger partial charge in [-0.15, -0.1) is 0 Å². The van der Waals surface area contributed by atoms with Crippen molar-refractivity contribution in [2.75, 3.05) is 25.4 Å². The van der Waals surface area contributed by atoms with Crippen LogP contribution >= 0.6 is 0 Å². The van der Waals surface area contributed by atoms with Crippen LogP contribution in [-0.2, 0) is 4.79 Å². The van der Waals surface area contributed by atoms with E-state index in [-0.39, 0.29) is 17.9 Å². The summed E-state index contributed by atoms with van der Waals surface area (Å²) in [5.74, 6) is 0.739. The van der Waals surface area contributed by atoms with E-state index in [2.05, 4.69) is 13.8 Å². The fraction of sp³-hybridized carbons (Fsp3) is 0.533. The maximum absolute atomic E-state index is 12.1. The number of rotatable bonds is 3. The van der Waals surface area contributed by atoms with E-state index in [1.54, 1.807) is 24.3 Å². The van der Waals surface area contributed by atoms with Crippen molar-refractivity contribution in [3.05, 3.63) is 24.3 Å². The standard InChI is InChI=1S/C15H22N2O2/c1-15(2)8-3-9-17(11-15)14(18)10-19-13-6-4-12(16)5-7-13/h4-7H,3,8-11,16H2,1-2H3. The minimum absolute atomic E-state index is 0.0598. The first kappa shape index (κ1) is 13.7. The van der Waals surface area contributed by atoms with Crippen LogP contribution in [0.15, 0.2) is 24.3 Å². The van der Waals surface area contributed by atoms with E-state index < -0.39 is 0 Å². The summed E-state index contributed by atoms with van der Waals surface area (Å²) in [7, 11) is 0. The van der Waals surface area contributed by atoms with Crippen molar-refractivity contribution in [3.8, 4) is 5.75 Å². The van der Waals surface area contributed by atoms with Crippen molar-refractivity contribution in [2.45, 2.75) is 26.7 Å². The van der Waals surface area contributed by atoms with E-state index >= 15 is 0 Å². The Hall–Kier alpha value is -1.71. The van der Waals surface area contributed by atoms with Crippen molar-refractivity contribution in [3.63, 3.8) is 0 Å². The van der Waals surface area contributed by atoms with Gasteiger partial charge in [0, 0.05) is 18.8 Å². The van der Waals surface area contributed by atoms with Crippen LogP contribution in [0.1, 0.15) is 26.7 Å². The summed E-state index contributed by atoms with van der Waals surface area (Å²) in [4.78, 5) is 14.0. The number of hydrogen-bond donors (Lipinski definition) is 1. The zero-order chi connectivity index (χ0) is 13.9. The summed E-state index contributed by atoms with van der Waals surface area (Å²) in [6.07, 6.45) is 2.25. The van der Waals surface area contributed by atoms with E-state index in [0.717, 1.165) is 19.5 Å². The Kier molecular flexibility index (Phi) is 3.98. The highest BCUT2D eigenvalue weighted by molar-refractivity contribution is 5.78. The number of nitrogen functional groups attached to an aromatic ring is 1. The summed E-state index contributed by atoms with van der Waals surface area (Å²) >= 11 is 0. The molecule has 0 unspecified atom stereocenters. The third-order valence-corrected chi connectivity index (χ3v) is 3.50. The van der Waals surface area contributed by atoms with Gasteiger partial charge in [-0.3, -0.25) is 4.79 Å². The fourth-order valence-electron chi connectivity index (χ4n) is 2.44. The molecule has 1 aromatic rings.